The fourth-order valence-electron chi connectivity index (χ4n) is 6.86. The smallest absolute Gasteiger partial charge is 0.275 e. The summed E-state index contributed by atoms with van der Waals surface area (Å²) in [6, 6.07) is 21.3. The van der Waals surface area contributed by atoms with Gasteiger partial charge in [0.05, 0.1) is 26.9 Å². The molecule has 0 saturated carbocycles. The Morgan fingerprint density at radius 3 is 2.33 bits per heavy atom. The summed E-state index contributed by atoms with van der Waals surface area (Å²) in [5, 5.41) is 6.44. The van der Waals surface area contributed by atoms with Gasteiger partial charge in [-0.25, -0.2) is 17.8 Å². The molecule has 0 saturated heterocycles. The molecule has 4 aromatic carbocycles. The lowest BCUT2D eigenvalue weighted by Gasteiger charge is -2.36. The molecule has 0 unspecified atom stereocenters. The third-order valence-corrected chi connectivity index (χ3v) is 12.2. The van der Waals surface area contributed by atoms with E-state index in [1.807, 2.05) is 24.3 Å². The third kappa shape index (κ3) is 8.28. The molecule has 0 spiro atoms. The van der Waals surface area contributed by atoms with Crippen LogP contribution in [-0.2, 0) is 23.0 Å². The standard InChI is InChI=1S/C41H44Cl2N6O5S/c1-4-6-19-47(20-7-5-2)41(52)38-37(43)26(3)49(45-38)36-18-16-29(22-34(36)40(51)48-25-30-12-9-8-11-28(30)21-31(48)24-44)39(50)46-55(53,54)32-17-15-27-13-10-14-35(42)33(27)23-32/h8-18,22-23,31H,4-7,19-21,24-25,44H2,1-3H3,(H,46,50)/t31-/m0/s1. The van der Waals surface area contributed by atoms with E-state index in [-0.39, 0.29) is 57.5 Å². The molecule has 3 amide bonds. The highest BCUT2D eigenvalue weighted by Gasteiger charge is 2.33. The Morgan fingerprint density at radius 2 is 1.64 bits per heavy atom. The van der Waals surface area contributed by atoms with E-state index in [0.29, 0.717) is 35.6 Å². The van der Waals surface area contributed by atoms with Crippen molar-refractivity contribution in [3.05, 3.63) is 123 Å². The SMILES string of the molecule is CCCCN(CCCC)C(=O)c1nn(-c2ccc(C(=O)NS(=O)(=O)c3ccc4cccc(Cl)c4c3)cc2C(=O)N2Cc3ccccc3C[C@H]2CN)c(C)c1Cl. The fourth-order valence-corrected chi connectivity index (χ4v) is 8.30. The zero-order chi connectivity index (χ0) is 39.4. The Bertz CT molecular complexity index is 2370. The van der Waals surface area contributed by atoms with Crippen LogP contribution in [0.2, 0.25) is 10.0 Å². The molecule has 1 aliphatic heterocycles. The predicted octanol–water partition coefficient (Wildman–Crippen LogP) is 7.33. The number of nitrogens with zero attached hydrogens (tertiary/aromatic N) is 4. The van der Waals surface area contributed by atoms with Crippen molar-refractivity contribution in [3.63, 3.8) is 0 Å². The highest BCUT2D eigenvalue weighted by molar-refractivity contribution is 7.90. The number of rotatable bonds is 13. The number of hydrogen-bond donors (Lipinski definition) is 2. The van der Waals surface area contributed by atoms with Crippen LogP contribution in [0.1, 0.15) is 87.6 Å². The van der Waals surface area contributed by atoms with Crippen molar-refractivity contribution >= 4 is 61.7 Å². The van der Waals surface area contributed by atoms with Gasteiger partial charge in [0.2, 0.25) is 0 Å². The summed E-state index contributed by atoms with van der Waals surface area (Å²) in [7, 11) is -4.37. The minimum atomic E-state index is -4.37. The van der Waals surface area contributed by atoms with Gasteiger partial charge >= 0.3 is 0 Å². The maximum atomic E-state index is 14.8. The predicted molar refractivity (Wildman–Crippen MR) is 216 cm³/mol. The van der Waals surface area contributed by atoms with E-state index in [1.54, 1.807) is 41.0 Å². The Balaban J connectivity index is 1.41. The van der Waals surface area contributed by atoms with E-state index >= 15 is 0 Å². The van der Waals surface area contributed by atoms with Crippen LogP contribution in [0, 0.1) is 6.92 Å². The minimum Gasteiger partial charge on any atom is -0.337 e. The van der Waals surface area contributed by atoms with Gasteiger partial charge in [-0.05, 0) is 79.1 Å². The number of nitrogens with two attached hydrogens (primary N) is 1. The third-order valence-electron chi connectivity index (χ3n) is 10.0. The van der Waals surface area contributed by atoms with E-state index in [1.165, 1.54) is 35.0 Å². The number of benzene rings is 4. The molecular formula is C41H44Cl2N6O5S. The Kier molecular flexibility index (Phi) is 12.3. The molecule has 11 nitrogen and oxygen atoms in total. The number of halogens is 2. The zero-order valence-electron chi connectivity index (χ0n) is 31.0. The number of unbranched alkanes of at least 4 members (excludes halogenated alkanes) is 2. The number of carbonyl (C=O) groups is 3. The maximum Gasteiger partial charge on any atom is 0.275 e. The molecule has 0 bridgehead atoms. The van der Waals surface area contributed by atoms with Gasteiger partial charge in [0.1, 0.15) is 0 Å². The number of aromatic nitrogens is 2. The van der Waals surface area contributed by atoms with Crippen molar-refractivity contribution in [2.75, 3.05) is 19.6 Å². The van der Waals surface area contributed by atoms with Crippen molar-refractivity contribution in [3.8, 4) is 5.69 Å². The van der Waals surface area contributed by atoms with Crippen LogP contribution in [0.15, 0.2) is 83.8 Å². The van der Waals surface area contributed by atoms with Crippen molar-refractivity contribution in [1.29, 1.82) is 0 Å². The summed E-state index contributed by atoms with van der Waals surface area (Å²) in [4.78, 5) is 45.6. The fraction of sp³-hybridized carbons (Fsp3) is 0.317. The van der Waals surface area contributed by atoms with E-state index in [0.717, 1.165) is 42.2 Å². The molecule has 0 radical (unpaired) electrons. The van der Waals surface area contributed by atoms with E-state index in [9.17, 15) is 22.8 Å². The van der Waals surface area contributed by atoms with Crippen molar-refractivity contribution < 1.29 is 22.8 Å². The molecule has 14 heteroatoms. The number of fused-ring (bicyclic) bond motifs is 2. The van der Waals surface area contributed by atoms with Gasteiger partial charge in [0.25, 0.3) is 27.7 Å². The second-order valence-electron chi connectivity index (χ2n) is 13.7. The normalized spacial score (nSPS) is 14.1. The summed E-state index contributed by atoms with van der Waals surface area (Å²) < 4.78 is 30.6. The molecule has 0 fully saturated rings. The number of carbonyl (C=O) groups excluding carboxylic acids is 3. The van der Waals surface area contributed by atoms with Crippen LogP contribution < -0.4 is 10.5 Å². The van der Waals surface area contributed by atoms with Crippen molar-refractivity contribution in [2.45, 2.75) is 70.4 Å². The summed E-state index contributed by atoms with van der Waals surface area (Å²) in [5.74, 6) is -1.71. The van der Waals surface area contributed by atoms with Crippen LogP contribution in [0.25, 0.3) is 16.5 Å². The molecule has 1 aromatic heterocycles. The largest absolute Gasteiger partial charge is 0.337 e. The first-order chi connectivity index (χ1) is 26.4. The molecule has 5 aromatic rings. The van der Waals surface area contributed by atoms with Crippen molar-refractivity contribution in [1.82, 2.24) is 24.3 Å². The van der Waals surface area contributed by atoms with Crippen molar-refractivity contribution in [2.24, 2.45) is 5.73 Å². The molecule has 1 atom stereocenters. The molecule has 6 rings (SSSR count). The van der Waals surface area contributed by atoms with Crippen LogP contribution in [0.3, 0.4) is 0 Å². The lowest BCUT2D eigenvalue weighted by molar-refractivity contribution is 0.0647. The highest BCUT2D eigenvalue weighted by atomic mass is 35.5. The van der Waals surface area contributed by atoms with Crippen LogP contribution in [-0.4, -0.2) is 71.4 Å². The topological polar surface area (TPSA) is 148 Å². The lowest BCUT2D eigenvalue weighted by atomic mass is 9.93. The van der Waals surface area contributed by atoms with Gasteiger partial charge in [-0.2, -0.15) is 5.10 Å². The first-order valence-corrected chi connectivity index (χ1v) is 20.6. The molecular weight excluding hydrogens is 759 g/mol. The van der Waals surface area contributed by atoms with Crippen LogP contribution >= 0.6 is 23.2 Å². The maximum absolute atomic E-state index is 14.8. The zero-order valence-corrected chi connectivity index (χ0v) is 33.3. The molecule has 288 valence electrons. The van der Waals surface area contributed by atoms with Gasteiger partial charge in [0, 0.05) is 48.2 Å². The number of hydrogen-bond acceptors (Lipinski definition) is 7. The number of amides is 3. The summed E-state index contributed by atoms with van der Waals surface area (Å²) in [6.45, 7) is 7.36. The van der Waals surface area contributed by atoms with Gasteiger partial charge in [-0.1, -0.05) is 92.4 Å². The monoisotopic (exact) mass is 802 g/mol. The summed E-state index contributed by atoms with van der Waals surface area (Å²) >= 11 is 13.2. The second kappa shape index (κ2) is 16.9. The van der Waals surface area contributed by atoms with Crippen LogP contribution in [0.4, 0.5) is 0 Å². The van der Waals surface area contributed by atoms with Gasteiger partial charge < -0.3 is 15.5 Å². The Morgan fingerprint density at radius 1 is 0.927 bits per heavy atom. The Labute approximate surface area is 331 Å². The molecule has 2 heterocycles. The van der Waals surface area contributed by atoms with Gasteiger partial charge in [0.15, 0.2) is 5.69 Å². The first-order valence-electron chi connectivity index (χ1n) is 18.4. The summed E-state index contributed by atoms with van der Waals surface area (Å²) in [6.07, 6.45) is 3.98. The van der Waals surface area contributed by atoms with E-state index in [2.05, 4.69) is 23.7 Å². The Hall–Kier alpha value is -4.75. The lowest BCUT2D eigenvalue weighted by Crippen LogP contribution is -2.48. The molecule has 55 heavy (non-hydrogen) atoms. The quantitative estimate of drug-likeness (QED) is 0.127. The summed E-state index contributed by atoms with van der Waals surface area (Å²) in [5.41, 5.74) is 8.97. The average Bonchev–Trinajstić information content (AvgIpc) is 3.49. The molecule has 0 aliphatic carbocycles. The number of nitrogens with one attached hydrogen (secondary N) is 1. The van der Waals surface area contributed by atoms with E-state index in [4.69, 9.17) is 28.9 Å². The second-order valence-corrected chi connectivity index (χ2v) is 16.2. The number of sulfonamides is 1. The first kappa shape index (κ1) is 39.9. The average molecular weight is 804 g/mol. The minimum absolute atomic E-state index is 0.0513. The van der Waals surface area contributed by atoms with Gasteiger partial charge in [-0.15, -0.1) is 0 Å². The highest BCUT2D eigenvalue weighted by Crippen LogP contribution is 2.31. The molecule has 3 N–H and O–H groups in total. The van der Waals surface area contributed by atoms with Crippen LogP contribution in [0.5, 0.6) is 0 Å². The van der Waals surface area contributed by atoms with Gasteiger partial charge in [-0.3, -0.25) is 14.4 Å². The van der Waals surface area contributed by atoms with E-state index < -0.39 is 21.8 Å². The molecule has 1 aliphatic rings.